The predicted octanol–water partition coefficient (Wildman–Crippen LogP) is 0.847. The van der Waals surface area contributed by atoms with Gasteiger partial charge in [0.25, 0.3) is 0 Å². The molecule has 0 fully saturated rings. The average molecular weight is 300 g/mol. The summed E-state index contributed by atoms with van der Waals surface area (Å²) < 4.78 is 1.23. The molecule has 0 amide bonds. The van der Waals surface area contributed by atoms with E-state index in [0.717, 1.165) is 0 Å². The topological polar surface area (TPSA) is 0 Å². The Kier molecular flexibility index (Phi) is 8.53. The average Bonchev–Trinajstić information content (AvgIpc) is 2.36. The van der Waals surface area contributed by atoms with E-state index in [2.05, 4.69) is 51.1 Å². The van der Waals surface area contributed by atoms with Gasteiger partial charge in [0.15, 0.2) is 0 Å². The molecule has 0 unspecified atom stereocenters. The van der Waals surface area contributed by atoms with Crippen LogP contribution in [0.1, 0.15) is 39.2 Å². The van der Waals surface area contributed by atoms with Crippen LogP contribution in [0.15, 0.2) is 30.3 Å². The van der Waals surface area contributed by atoms with Gasteiger partial charge in [-0.15, -0.1) is 0 Å². The van der Waals surface area contributed by atoms with E-state index in [-0.39, 0.29) is 17.0 Å². The van der Waals surface area contributed by atoms with Gasteiger partial charge >= 0.3 is 0 Å². The summed E-state index contributed by atoms with van der Waals surface area (Å²) >= 11 is 0. The summed E-state index contributed by atoms with van der Waals surface area (Å²) in [7, 11) is 0. The summed E-state index contributed by atoms with van der Waals surface area (Å²) in [5, 5.41) is 0. The lowest BCUT2D eigenvalue weighted by Crippen LogP contribution is -3.00. The molecule has 0 aromatic heterocycles. The zero-order valence-corrected chi connectivity index (χ0v) is 13.0. The minimum Gasteiger partial charge on any atom is -1.00 e. The molecule has 0 spiro atoms. The molecule has 0 atom stereocenters. The van der Waals surface area contributed by atoms with Crippen LogP contribution in [-0.4, -0.2) is 24.1 Å². The Morgan fingerprint density at radius 2 is 1.53 bits per heavy atom. The number of benzene rings is 1. The zero-order valence-electron chi connectivity index (χ0n) is 11.5. The van der Waals surface area contributed by atoms with Crippen molar-refractivity contribution in [3.8, 4) is 0 Å². The summed E-state index contributed by atoms with van der Waals surface area (Å²) in [6, 6.07) is 10.9. The molecule has 0 bridgehead atoms. The second-order valence-corrected chi connectivity index (χ2v) is 4.69. The van der Waals surface area contributed by atoms with Crippen molar-refractivity contribution in [3.63, 3.8) is 0 Å². The molecule has 17 heavy (non-hydrogen) atoms. The van der Waals surface area contributed by atoms with Crippen molar-refractivity contribution in [2.24, 2.45) is 0 Å². The second-order valence-electron chi connectivity index (χ2n) is 4.69. The highest BCUT2D eigenvalue weighted by molar-refractivity contribution is 5.13. The van der Waals surface area contributed by atoms with Gasteiger partial charge in [-0.2, -0.15) is 0 Å². The molecule has 0 N–H and O–H groups in total. The minimum absolute atomic E-state index is 0. The van der Waals surface area contributed by atoms with Crippen LogP contribution in [0.3, 0.4) is 0 Å². The van der Waals surface area contributed by atoms with Crippen LogP contribution in [0, 0.1) is 0 Å². The first-order valence-electron chi connectivity index (χ1n) is 6.65. The lowest BCUT2D eigenvalue weighted by atomic mass is 10.1. The van der Waals surface area contributed by atoms with Crippen molar-refractivity contribution in [2.45, 2.75) is 40.2 Å². The maximum absolute atomic E-state index is 2.32. The molecule has 1 aromatic rings. The van der Waals surface area contributed by atoms with Crippen LogP contribution in [0.5, 0.6) is 0 Å². The van der Waals surface area contributed by atoms with E-state index in [9.17, 15) is 0 Å². The van der Waals surface area contributed by atoms with Crippen molar-refractivity contribution in [2.75, 3.05) is 19.6 Å². The van der Waals surface area contributed by atoms with E-state index >= 15 is 0 Å². The Morgan fingerprint density at radius 3 is 2.00 bits per heavy atom. The van der Waals surface area contributed by atoms with Crippen molar-refractivity contribution in [1.29, 1.82) is 0 Å². The van der Waals surface area contributed by atoms with Crippen molar-refractivity contribution in [3.05, 3.63) is 35.9 Å². The molecule has 2 heteroatoms. The molecule has 1 rings (SSSR count). The number of rotatable bonds is 7. The van der Waals surface area contributed by atoms with Gasteiger partial charge in [0, 0.05) is 5.56 Å². The van der Waals surface area contributed by atoms with Crippen LogP contribution in [-0.2, 0) is 6.54 Å². The highest BCUT2D eigenvalue weighted by Crippen LogP contribution is 2.15. The van der Waals surface area contributed by atoms with Crippen molar-refractivity contribution in [1.82, 2.24) is 0 Å². The molecule has 0 aliphatic heterocycles. The SMILES string of the molecule is CCCC[N+](CC)(CC)Cc1ccccc1.[Br-]. The van der Waals surface area contributed by atoms with Gasteiger partial charge < -0.3 is 21.5 Å². The highest BCUT2D eigenvalue weighted by atomic mass is 79.9. The van der Waals surface area contributed by atoms with Gasteiger partial charge in [-0.05, 0) is 20.3 Å². The van der Waals surface area contributed by atoms with Gasteiger partial charge in [-0.3, -0.25) is 0 Å². The third kappa shape index (κ3) is 5.22. The monoisotopic (exact) mass is 299 g/mol. The van der Waals surface area contributed by atoms with Crippen molar-refractivity contribution >= 4 is 0 Å². The summed E-state index contributed by atoms with van der Waals surface area (Å²) in [6.45, 7) is 11.9. The first kappa shape index (κ1) is 16.7. The van der Waals surface area contributed by atoms with Gasteiger partial charge in [0.2, 0.25) is 0 Å². The Balaban J connectivity index is 0.00000256. The first-order chi connectivity index (χ1) is 7.76. The molecule has 0 saturated carbocycles. The lowest BCUT2D eigenvalue weighted by molar-refractivity contribution is -0.938. The number of quaternary nitrogens is 1. The molecule has 0 saturated heterocycles. The molecule has 0 aliphatic carbocycles. The molecule has 1 nitrogen and oxygen atoms in total. The summed E-state index contributed by atoms with van der Waals surface area (Å²) in [5.74, 6) is 0. The maximum Gasteiger partial charge on any atom is 0.104 e. The molecular formula is C15H26BrN. The first-order valence-corrected chi connectivity index (χ1v) is 6.65. The standard InChI is InChI=1S/C15H26N.BrH/c1-4-7-13-16(5-2,6-3)14-15-11-9-8-10-12-15;/h8-12H,4-7,13-14H2,1-3H3;1H/q+1;/p-1. The van der Waals surface area contributed by atoms with Gasteiger partial charge in [0.05, 0.1) is 19.6 Å². The number of hydrogen-bond acceptors (Lipinski definition) is 0. The quantitative estimate of drug-likeness (QED) is 0.655. The van der Waals surface area contributed by atoms with E-state index in [1.807, 2.05) is 0 Å². The summed E-state index contributed by atoms with van der Waals surface area (Å²) in [6.07, 6.45) is 2.64. The van der Waals surface area contributed by atoms with E-state index in [0.29, 0.717) is 0 Å². The van der Waals surface area contributed by atoms with Crippen LogP contribution in [0.4, 0.5) is 0 Å². The molecule has 0 aliphatic rings. The fourth-order valence-electron chi connectivity index (χ4n) is 2.31. The van der Waals surface area contributed by atoms with Crippen molar-refractivity contribution < 1.29 is 21.5 Å². The van der Waals surface area contributed by atoms with Crippen LogP contribution in [0.2, 0.25) is 0 Å². The van der Waals surface area contributed by atoms with Gasteiger partial charge in [-0.1, -0.05) is 43.7 Å². The summed E-state index contributed by atoms with van der Waals surface area (Å²) in [4.78, 5) is 0. The predicted molar refractivity (Wildman–Crippen MR) is 71.3 cm³/mol. The fraction of sp³-hybridized carbons (Fsp3) is 0.600. The van der Waals surface area contributed by atoms with E-state index in [1.165, 1.54) is 49.1 Å². The third-order valence-corrected chi connectivity index (χ3v) is 3.69. The van der Waals surface area contributed by atoms with E-state index in [1.54, 1.807) is 0 Å². The normalized spacial score (nSPS) is 11.0. The Morgan fingerprint density at radius 1 is 0.941 bits per heavy atom. The number of hydrogen-bond donors (Lipinski definition) is 0. The number of unbranched alkanes of at least 4 members (excludes halogenated alkanes) is 1. The number of halogens is 1. The molecule has 0 heterocycles. The zero-order chi connectivity index (χ0) is 11.9. The van der Waals surface area contributed by atoms with Crippen LogP contribution < -0.4 is 17.0 Å². The summed E-state index contributed by atoms with van der Waals surface area (Å²) in [5.41, 5.74) is 1.47. The highest BCUT2D eigenvalue weighted by Gasteiger charge is 2.22. The Hall–Kier alpha value is -0.340. The molecule has 0 radical (unpaired) electrons. The second kappa shape index (κ2) is 8.71. The Bertz CT molecular complexity index is 280. The van der Waals surface area contributed by atoms with Gasteiger partial charge in [0.1, 0.15) is 6.54 Å². The molecule has 98 valence electrons. The number of nitrogens with zero attached hydrogens (tertiary/aromatic N) is 1. The maximum atomic E-state index is 2.32. The largest absolute Gasteiger partial charge is 1.00 e. The minimum atomic E-state index is 0. The van der Waals surface area contributed by atoms with Crippen LogP contribution >= 0.6 is 0 Å². The van der Waals surface area contributed by atoms with Gasteiger partial charge in [-0.25, -0.2) is 0 Å². The third-order valence-electron chi connectivity index (χ3n) is 3.69. The Labute approximate surface area is 117 Å². The molecular weight excluding hydrogens is 274 g/mol. The van der Waals surface area contributed by atoms with E-state index in [4.69, 9.17) is 0 Å². The lowest BCUT2D eigenvalue weighted by Gasteiger charge is -2.37. The molecule has 1 aromatic carbocycles. The van der Waals surface area contributed by atoms with Crippen LogP contribution in [0.25, 0.3) is 0 Å². The smallest absolute Gasteiger partial charge is 0.104 e. The van der Waals surface area contributed by atoms with E-state index < -0.39 is 0 Å². The fourth-order valence-corrected chi connectivity index (χ4v) is 2.31.